The minimum atomic E-state index is -2.47. The van der Waals surface area contributed by atoms with Gasteiger partial charge in [-0.2, -0.15) is 0 Å². The molecule has 0 aromatic heterocycles. The van der Waals surface area contributed by atoms with Crippen LogP contribution in [0.15, 0.2) is 0 Å². The summed E-state index contributed by atoms with van der Waals surface area (Å²) in [5.74, 6) is 3.13. The van der Waals surface area contributed by atoms with Crippen LogP contribution in [0.2, 0.25) is 13.3 Å². The molecule has 3 fully saturated rings. The van der Waals surface area contributed by atoms with E-state index in [0.717, 1.165) is 24.4 Å². The molecule has 3 rings (SSSR count). The third-order valence-electron chi connectivity index (χ3n) is 7.61. The molecule has 0 atom stereocenters. The molecule has 0 N–H and O–H groups in total. The van der Waals surface area contributed by atoms with Gasteiger partial charge in [-0.25, -0.2) is 0 Å². The summed E-state index contributed by atoms with van der Waals surface area (Å²) in [7, 11) is 0. The van der Waals surface area contributed by atoms with Crippen molar-refractivity contribution in [3.63, 3.8) is 0 Å². The van der Waals surface area contributed by atoms with Gasteiger partial charge in [0.25, 0.3) is 0 Å². The van der Waals surface area contributed by atoms with Crippen LogP contribution in [-0.4, -0.2) is 25.4 Å². The Bertz CT molecular complexity index is 301. The number of hydrogen-bond donors (Lipinski definition) is 0. The Kier molecular flexibility index (Phi) is 8.96. The summed E-state index contributed by atoms with van der Waals surface area (Å²) >= 11 is -2.47. The first-order valence-electron chi connectivity index (χ1n) is 11.9. The molecule has 3 saturated carbocycles. The topological polar surface area (TPSA) is 9.23 Å². The molecular weight excluding hydrogens is 411 g/mol. The van der Waals surface area contributed by atoms with Crippen LogP contribution in [0.25, 0.3) is 0 Å². The molecule has 0 aliphatic heterocycles. The van der Waals surface area contributed by atoms with Crippen molar-refractivity contribution in [2.75, 3.05) is 6.61 Å². The molecule has 0 radical (unpaired) electrons. The zero-order valence-electron chi connectivity index (χ0n) is 17.1. The van der Waals surface area contributed by atoms with Crippen LogP contribution in [0.3, 0.4) is 0 Å². The van der Waals surface area contributed by atoms with E-state index in [1.165, 1.54) is 96.3 Å². The van der Waals surface area contributed by atoms with Crippen molar-refractivity contribution in [3.8, 4) is 0 Å². The molecule has 2 heteroatoms. The van der Waals surface area contributed by atoms with Crippen molar-refractivity contribution in [2.24, 2.45) is 17.8 Å². The minimum absolute atomic E-state index is 1.02. The van der Waals surface area contributed by atoms with Gasteiger partial charge in [-0.05, 0) is 0 Å². The molecule has 0 aromatic carbocycles. The fourth-order valence-electron chi connectivity index (χ4n) is 6.49. The van der Waals surface area contributed by atoms with Crippen LogP contribution in [0, 0.1) is 17.8 Å². The van der Waals surface area contributed by atoms with Gasteiger partial charge in [-0.15, -0.1) is 0 Å². The van der Waals surface area contributed by atoms with E-state index >= 15 is 0 Å². The summed E-state index contributed by atoms with van der Waals surface area (Å²) in [6.45, 7) is 3.32. The van der Waals surface area contributed by atoms with E-state index in [4.69, 9.17) is 3.07 Å². The second-order valence-electron chi connectivity index (χ2n) is 9.74. The van der Waals surface area contributed by atoms with Gasteiger partial charge in [-0.1, -0.05) is 0 Å². The van der Waals surface area contributed by atoms with Crippen molar-refractivity contribution < 1.29 is 3.07 Å². The third kappa shape index (κ3) is 6.70. The third-order valence-corrected chi connectivity index (χ3v) is 21.5. The summed E-state index contributed by atoms with van der Waals surface area (Å²) in [5.41, 5.74) is 0. The number of rotatable bonds is 8. The fraction of sp³-hybridized carbons (Fsp3) is 1.00. The van der Waals surface area contributed by atoms with Crippen molar-refractivity contribution in [1.29, 1.82) is 0 Å². The van der Waals surface area contributed by atoms with Crippen molar-refractivity contribution in [1.82, 2.24) is 0 Å². The van der Waals surface area contributed by atoms with E-state index in [1.807, 2.05) is 0 Å². The Labute approximate surface area is 162 Å². The fourth-order valence-corrected chi connectivity index (χ4v) is 23.2. The zero-order valence-corrected chi connectivity index (χ0v) is 19.9. The molecule has 1 nitrogen and oxygen atoms in total. The molecule has 0 bridgehead atoms. The Morgan fingerprint density at radius 2 is 0.880 bits per heavy atom. The van der Waals surface area contributed by atoms with Crippen LogP contribution in [0.5, 0.6) is 0 Å². The Morgan fingerprint density at radius 1 is 0.560 bits per heavy atom. The van der Waals surface area contributed by atoms with Gasteiger partial charge in [0.2, 0.25) is 0 Å². The van der Waals surface area contributed by atoms with Crippen LogP contribution < -0.4 is 0 Å². The van der Waals surface area contributed by atoms with Crippen molar-refractivity contribution >= 4 is 18.8 Å². The molecular formula is C23H44OSn. The summed E-state index contributed by atoms with van der Waals surface area (Å²) in [6.07, 6.45) is 22.7. The van der Waals surface area contributed by atoms with Crippen LogP contribution in [0.4, 0.5) is 0 Å². The molecule has 3 aliphatic rings. The standard InChI is InChI=1S/3C7H13.C2H5O.Sn/c3*1-7-5-3-2-4-6-7;1-2-3;/h3*7H,1-6H2;2H2,1H3;/q;;;-1;+1. The van der Waals surface area contributed by atoms with E-state index < -0.39 is 18.8 Å². The van der Waals surface area contributed by atoms with Gasteiger partial charge in [0.1, 0.15) is 0 Å². The predicted molar refractivity (Wildman–Crippen MR) is 112 cm³/mol. The molecule has 146 valence electrons. The first-order valence-corrected chi connectivity index (χ1v) is 19.2. The molecule has 0 spiro atoms. The van der Waals surface area contributed by atoms with Crippen LogP contribution in [-0.2, 0) is 3.07 Å². The summed E-state index contributed by atoms with van der Waals surface area (Å²) in [5, 5.41) is 0. The van der Waals surface area contributed by atoms with Gasteiger partial charge in [0.05, 0.1) is 0 Å². The van der Waals surface area contributed by atoms with E-state index in [2.05, 4.69) is 6.92 Å². The molecule has 0 unspecified atom stereocenters. The monoisotopic (exact) mass is 456 g/mol. The van der Waals surface area contributed by atoms with E-state index in [-0.39, 0.29) is 0 Å². The maximum absolute atomic E-state index is 6.95. The SMILES string of the molecule is CC[O][Sn]([CH2]C1CCCCC1)([CH2]C1CCCCC1)[CH2]C1CCCCC1. The first kappa shape index (κ1) is 20.5. The van der Waals surface area contributed by atoms with Gasteiger partial charge in [0.15, 0.2) is 0 Å². The molecule has 3 aliphatic carbocycles. The average Bonchev–Trinajstić information content (AvgIpc) is 2.64. The van der Waals surface area contributed by atoms with Crippen LogP contribution >= 0.6 is 0 Å². The van der Waals surface area contributed by atoms with E-state index in [9.17, 15) is 0 Å². The quantitative estimate of drug-likeness (QED) is 0.341. The van der Waals surface area contributed by atoms with Gasteiger partial charge >= 0.3 is 163 Å². The second kappa shape index (κ2) is 10.9. The Hall–Kier alpha value is 0.759. The second-order valence-corrected chi connectivity index (χ2v) is 20.8. The molecule has 0 saturated heterocycles. The average molecular weight is 455 g/mol. The van der Waals surface area contributed by atoms with E-state index in [0.29, 0.717) is 0 Å². The maximum atomic E-state index is 6.95. The normalized spacial score (nSPS) is 25.3. The zero-order chi connectivity index (χ0) is 17.4. The van der Waals surface area contributed by atoms with Gasteiger partial charge < -0.3 is 0 Å². The van der Waals surface area contributed by atoms with Crippen molar-refractivity contribution in [3.05, 3.63) is 0 Å². The Balaban J connectivity index is 1.69. The van der Waals surface area contributed by atoms with Crippen LogP contribution in [0.1, 0.15) is 103 Å². The van der Waals surface area contributed by atoms with Crippen molar-refractivity contribution in [2.45, 2.75) is 117 Å². The van der Waals surface area contributed by atoms with Gasteiger partial charge in [0, 0.05) is 0 Å². The summed E-state index contributed by atoms with van der Waals surface area (Å²) < 4.78 is 11.7. The first-order chi connectivity index (χ1) is 12.3. The molecule has 0 amide bonds. The Morgan fingerprint density at radius 3 is 1.16 bits per heavy atom. The number of hydrogen-bond acceptors (Lipinski definition) is 1. The predicted octanol–water partition coefficient (Wildman–Crippen LogP) is 7.71. The molecule has 0 aromatic rings. The van der Waals surface area contributed by atoms with Gasteiger partial charge in [-0.3, -0.25) is 0 Å². The summed E-state index contributed by atoms with van der Waals surface area (Å²) in [6, 6.07) is 0. The summed E-state index contributed by atoms with van der Waals surface area (Å²) in [4.78, 5) is 0. The van der Waals surface area contributed by atoms with E-state index in [1.54, 1.807) is 13.3 Å². The molecule has 0 heterocycles. The molecule has 25 heavy (non-hydrogen) atoms.